The fourth-order valence-corrected chi connectivity index (χ4v) is 3.22. The molecule has 0 bridgehead atoms. The van der Waals surface area contributed by atoms with Crippen LogP contribution in [-0.2, 0) is 0 Å². The van der Waals surface area contributed by atoms with Gasteiger partial charge in [0.15, 0.2) is 11.5 Å². The molecule has 0 aromatic carbocycles. The summed E-state index contributed by atoms with van der Waals surface area (Å²) in [6.45, 7) is 2.04. The fraction of sp³-hybridized carbons (Fsp3) is 0.0833. The van der Waals surface area contributed by atoms with Gasteiger partial charge in [-0.05, 0) is 40.5 Å². The highest BCUT2D eigenvalue weighted by molar-refractivity contribution is 9.11. The summed E-state index contributed by atoms with van der Waals surface area (Å²) in [6, 6.07) is 7.66. The molecule has 0 N–H and O–H groups in total. The van der Waals surface area contributed by atoms with Gasteiger partial charge in [0.25, 0.3) is 0 Å². The molecule has 88 valence electrons. The van der Waals surface area contributed by atoms with E-state index in [1.54, 1.807) is 23.5 Å². The van der Waals surface area contributed by atoms with Gasteiger partial charge in [0, 0.05) is 12.3 Å². The van der Waals surface area contributed by atoms with Crippen LogP contribution >= 0.6 is 27.3 Å². The molecule has 0 saturated heterocycles. The molecular formula is C12H7BrN4S. The number of halogens is 1. The maximum atomic E-state index is 8.85. The number of nitriles is 1. The Labute approximate surface area is 116 Å². The Morgan fingerprint density at radius 2 is 2.22 bits per heavy atom. The van der Waals surface area contributed by atoms with Crippen molar-refractivity contribution in [2.75, 3.05) is 0 Å². The van der Waals surface area contributed by atoms with Crippen LogP contribution < -0.4 is 0 Å². The molecule has 0 atom stereocenters. The predicted octanol–water partition coefficient (Wildman–Crippen LogP) is 3.40. The summed E-state index contributed by atoms with van der Waals surface area (Å²) in [6.07, 6.45) is 1.83. The molecule has 0 aliphatic rings. The molecule has 0 fully saturated rings. The predicted molar refractivity (Wildman–Crippen MR) is 73.5 cm³/mol. The molecular weight excluding hydrogens is 312 g/mol. The average molecular weight is 319 g/mol. The van der Waals surface area contributed by atoms with Crippen molar-refractivity contribution in [3.63, 3.8) is 0 Å². The van der Waals surface area contributed by atoms with Gasteiger partial charge in [-0.15, -0.1) is 21.5 Å². The van der Waals surface area contributed by atoms with Crippen LogP contribution in [0.2, 0.25) is 0 Å². The number of hydrogen-bond donors (Lipinski definition) is 0. The van der Waals surface area contributed by atoms with Gasteiger partial charge in [-0.25, -0.2) is 0 Å². The van der Waals surface area contributed by atoms with Crippen LogP contribution in [0.4, 0.5) is 0 Å². The van der Waals surface area contributed by atoms with Crippen LogP contribution in [0.1, 0.15) is 11.1 Å². The third kappa shape index (κ3) is 1.72. The van der Waals surface area contributed by atoms with Gasteiger partial charge in [0.2, 0.25) is 0 Å². The molecule has 0 aliphatic heterocycles. The molecule has 3 aromatic heterocycles. The summed E-state index contributed by atoms with van der Waals surface area (Å²) in [4.78, 5) is 1.05. The van der Waals surface area contributed by atoms with Crippen molar-refractivity contribution in [1.29, 1.82) is 5.26 Å². The average Bonchev–Trinajstić information content (AvgIpc) is 2.93. The Balaban J connectivity index is 2.22. The highest BCUT2D eigenvalue weighted by atomic mass is 79.9. The second kappa shape index (κ2) is 4.19. The Hall–Kier alpha value is -1.71. The molecule has 4 nitrogen and oxygen atoms in total. The van der Waals surface area contributed by atoms with Crippen LogP contribution in [-0.4, -0.2) is 14.6 Å². The molecule has 0 amide bonds. The topological polar surface area (TPSA) is 54.0 Å². The van der Waals surface area contributed by atoms with E-state index in [4.69, 9.17) is 5.26 Å². The first-order valence-electron chi connectivity index (χ1n) is 5.20. The molecule has 0 aliphatic carbocycles. The molecule has 3 aromatic rings. The molecule has 18 heavy (non-hydrogen) atoms. The minimum atomic E-state index is 0.588. The van der Waals surface area contributed by atoms with Gasteiger partial charge in [0.1, 0.15) is 0 Å². The maximum absolute atomic E-state index is 8.85. The highest BCUT2D eigenvalue weighted by Crippen LogP contribution is 2.33. The monoisotopic (exact) mass is 318 g/mol. The van der Waals surface area contributed by atoms with E-state index in [-0.39, 0.29) is 0 Å². The normalized spacial score (nSPS) is 10.7. The van der Waals surface area contributed by atoms with E-state index in [9.17, 15) is 0 Å². The van der Waals surface area contributed by atoms with E-state index < -0.39 is 0 Å². The van der Waals surface area contributed by atoms with E-state index in [0.29, 0.717) is 11.2 Å². The number of pyridine rings is 1. The second-order valence-corrected chi connectivity index (χ2v) is 6.22. The fourth-order valence-electron chi connectivity index (χ4n) is 1.70. The van der Waals surface area contributed by atoms with Gasteiger partial charge in [-0.2, -0.15) is 5.26 Å². The molecule has 3 heterocycles. The Morgan fingerprint density at radius 3 is 2.89 bits per heavy atom. The van der Waals surface area contributed by atoms with Crippen LogP contribution in [0.3, 0.4) is 0 Å². The standard InChI is InChI=1S/C12H7BrN4S/c1-7-4-9(18-11(7)13)12-16-15-10-5-8(6-14)2-3-17(10)12/h2-5H,1H3. The lowest BCUT2D eigenvalue weighted by Crippen LogP contribution is -1.88. The first-order chi connectivity index (χ1) is 8.69. The highest BCUT2D eigenvalue weighted by Gasteiger charge is 2.12. The number of fused-ring (bicyclic) bond motifs is 1. The van der Waals surface area contributed by atoms with Crippen molar-refractivity contribution in [2.45, 2.75) is 6.92 Å². The van der Waals surface area contributed by atoms with E-state index in [1.165, 1.54) is 5.56 Å². The largest absolute Gasteiger partial charge is 0.282 e. The summed E-state index contributed by atoms with van der Waals surface area (Å²) >= 11 is 5.13. The number of hydrogen-bond acceptors (Lipinski definition) is 4. The third-order valence-electron chi connectivity index (χ3n) is 2.62. The van der Waals surface area contributed by atoms with Crippen LogP contribution in [0, 0.1) is 18.3 Å². The zero-order valence-electron chi connectivity index (χ0n) is 9.38. The van der Waals surface area contributed by atoms with E-state index in [2.05, 4.69) is 38.3 Å². The number of nitrogens with zero attached hydrogens (tertiary/aromatic N) is 4. The lowest BCUT2D eigenvalue weighted by molar-refractivity contribution is 1.12. The minimum absolute atomic E-state index is 0.588. The van der Waals surface area contributed by atoms with Crippen LogP contribution in [0.25, 0.3) is 16.3 Å². The Morgan fingerprint density at radius 1 is 1.39 bits per heavy atom. The molecule has 3 rings (SSSR count). The lowest BCUT2D eigenvalue weighted by Gasteiger charge is -1.96. The quantitative estimate of drug-likeness (QED) is 0.691. The molecule has 0 saturated carbocycles. The first kappa shape index (κ1) is 11.4. The van der Waals surface area contributed by atoms with Crippen molar-refractivity contribution >= 4 is 32.9 Å². The van der Waals surface area contributed by atoms with Crippen molar-refractivity contribution in [3.05, 3.63) is 39.3 Å². The molecule has 0 spiro atoms. The smallest absolute Gasteiger partial charge is 0.178 e. The summed E-state index contributed by atoms with van der Waals surface area (Å²) in [7, 11) is 0. The van der Waals surface area contributed by atoms with Gasteiger partial charge < -0.3 is 0 Å². The second-order valence-electron chi connectivity index (χ2n) is 3.85. The SMILES string of the molecule is Cc1cc(-c2nnc3cc(C#N)ccn23)sc1Br. The third-order valence-corrected chi connectivity index (χ3v) is 4.75. The number of aryl methyl sites for hydroxylation is 1. The first-order valence-corrected chi connectivity index (χ1v) is 6.81. The van der Waals surface area contributed by atoms with Gasteiger partial charge in [0.05, 0.1) is 20.3 Å². The zero-order valence-corrected chi connectivity index (χ0v) is 11.8. The number of aromatic nitrogens is 3. The summed E-state index contributed by atoms with van der Waals surface area (Å²) in [5.41, 5.74) is 2.46. The van der Waals surface area contributed by atoms with Gasteiger partial charge in [-0.1, -0.05) is 0 Å². The van der Waals surface area contributed by atoms with Crippen molar-refractivity contribution < 1.29 is 0 Å². The minimum Gasteiger partial charge on any atom is -0.282 e. The molecule has 0 radical (unpaired) electrons. The van der Waals surface area contributed by atoms with Crippen molar-refractivity contribution in [3.8, 4) is 16.8 Å². The van der Waals surface area contributed by atoms with Crippen LogP contribution in [0.15, 0.2) is 28.2 Å². The molecule has 6 heteroatoms. The zero-order chi connectivity index (χ0) is 12.7. The van der Waals surface area contributed by atoms with Crippen LogP contribution in [0.5, 0.6) is 0 Å². The number of rotatable bonds is 1. The van der Waals surface area contributed by atoms with E-state index in [0.717, 1.165) is 14.5 Å². The molecule has 0 unspecified atom stereocenters. The van der Waals surface area contributed by atoms with Gasteiger partial charge in [-0.3, -0.25) is 4.40 Å². The maximum Gasteiger partial charge on any atom is 0.178 e. The van der Waals surface area contributed by atoms with E-state index in [1.807, 2.05) is 17.5 Å². The summed E-state index contributed by atoms with van der Waals surface area (Å²) in [5, 5.41) is 17.1. The number of thiophene rings is 1. The van der Waals surface area contributed by atoms with Gasteiger partial charge >= 0.3 is 0 Å². The summed E-state index contributed by atoms with van der Waals surface area (Å²) < 4.78 is 2.99. The van der Waals surface area contributed by atoms with Crippen molar-refractivity contribution in [2.24, 2.45) is 0 Å². The Bertz CT molecular complexity index is 762. The van der Waals surface area contributed by atoms with Crippen molar-refractivity contribution in [1.82, 2.24) is 14.6 Å². The lowest BCUT2D eigenvalue weighted by atomic mass is 10.3. The Kier molecular flexibility index (Phi) is 2.65. The van der Waals surface area contributed by atoms with E-state index >= 15 is 0 Å². The summed E-state index contributed by atoms with van der Waals surface area (Å²) in [5.74, 6) is 0.799.